The number of carbonyl (C=O) groups is 1. The zero-order valence-corrected chi connectivity index (χ0v) is 14.9. The molecule has 0 saturated heterocycles. The van der Waals surface area contributed by atoms with Gasteiger partial charge in [0.2, 0.25) is 0 Å². The van der Waals surface area contributed by atoms with Crippen LogP contribution in [0.15, 0.2) is 83.9 Å². The SMILES string of the molecule is O=C1NC(c2ccccc2)=NC1(c1ccc(F)cc1)c1ccc(C(F)(F)F)cc1. The van der Waals surface area contributed by atoms with Gasteiger partial charge in [-0.15, -0.1) is 0 Å². The Morgan fingerprint density at radius 3 is 1.90 bits per heavy atom. The molecule has 0 radical (unpaired) electrons. The second-order valence-corrected chi connectivity index (χ2v) is 6.57. The van der Waals surface area contributed by atoms with Crippen molar-refractivity contribution in [2.75, 3.05) is 0 Å². The largest absolute Gasteiger partial charge is 0.416 e. The molecule has 1 unspecified atom stereocenters. The number of hydrogen-bond acceptors (Lipinski definition) is 2. The lowest BCUT2D eigenvalue weighted by Gasteiger charge is -2.25. The predicted octanol–water partition coefficient (Wildman–Crippen LogP) is 4.66. The molecule has 3 aromatic rings. The minimum atomic E-state index is -4.50. The van der Waals surface area contributed by atoms with E-state index in [0.29, 0.717) is 17.0 Å². The first-order valence-corrected chi connectivity index (χ1v) is 8.71. The molecule has 0 aromatic heterocycles. The van der Waals surface area contributed by atoms with Crippen LogP contribution in [0, 0.1) is 5.82 Å². The molecule has 0 bridgehead atoms. The summed E-state index contributed by atoms with van der Waals surface area (Å²) in [4.78, 5) is 17.7. The monoisotopic (exact) mass is 398 g/mol. The van der Waals surface area contributed by atoms with Crippen LogP contribution < -0.4 is 5.32 Å². The van der Waals surface area contributed by atoms with Crippen LogP contribution in [-0.4, -0.2) is 11.7 Å². The number of hydrogen-bond donors (Lipinski definition) is 1. The highest BCUT2D eigenvalue weighted by Gasteiger charge is 2.47. The van der Waals surface area contributed by atoms with Gasteiger partial charge >= 0.3 is 6.18 Å². The minimum absolute atomic E-state index is 0.250. The third-order valence-corrected chi connectivity index (χ3v) is 4.78. The van der Waals surface area contributed by atoms with Crippen molar-refractivity contribution in [1.82, 2.24) is 5.32 Å². The fraction of sp³-hybridized carbons (Fsp3) is 0.0909. The van der Waals surface area contributed by atoms with Gasteiger partial charge in [-0.05, 0) is 35.4 Å². The lowest BCUT2D eigenvalue weighted by molar-refractivity contribution is -0.137. The number of nitrogens with one attached hydrogen (secondary N) is 1. The lowest BCUT2D eigenvalue weighted by Crippen LogP contribution is -2.38. The number of aliphatic imine (C=N–C) groups is 1. The maximum absolute atomic E-state index is 13.5. The summed E-state index contributed by atoms with van der Waals surface area (Å²) in [7, 11) is 0. The minimum Gasteiger partial charge on any atom is -0.308 e. The second kappa shape index (κ2) is 6.84. The molecule has 1 aliphatic rings. The third kappa shape index (κ3) is 3.29. The molecule has 1 aliphatic heterocycles. The van der Waals surface area contributed by atoms with E-state index in [2.05, 4.69) is 10.3 Å². The zero-order chi connectivity index (χ0) is 20.6. The first-order valence-electron chi connectivity index (χ1n) is 8.71. The van der Waals surface area contributed by atoms with Crippen molar-refractivity contribution < 1.29 is 22.4 Å². The quantitative estimate of drug-likeness (QED) is 0.641. The normalized spacial score (nSPS) is 19.0. The summed E-state index contributed by atoms with van der Waals surface area (Å²) in [6.07, 6.45) is -4.50. The first kappa shape index (κ1) is 18.9. The molecule has 4 rings (SSSR count). The van der Waals surface area contributed by atoms with Crippen LogP contribution in [-0.2, 0) is 16.5 Å². The van der Waals surface area contributed by atoms with E-state index >= 15 is 0 Å². The standard InChI is InChI=1S/C22H14F4N2O/c23-18-12-10-16(11-13-18)21(15-6-8-17(9-7-15)22(24,25)26)20(29)27-19(28-21)14-4-2-1-3-5-14/h1-13H,(H,27,28,29). The van der Waals surface area contributed by atoms with E-state index in [-0.39, 0.29) is 5.56 Å². The second-order valence-electron chi connectivity index (χ2n) is 6.57. The van der Waals surface area contributed by atoms with Gasteiger partial charge in [0, 0.05) is 5.56 Å². The molecular formula is C22H14F4N2O. The van der Waals surface area contributed by atoms with Crippen molar-refractivity contribution in [2.45, 2.75) is 11.7 Å². The number of alkyl halides is 3. The van der Waals surface area contributed by atoms with Crippen LogP contribution in [0.1, 0.15) is 22.3 Å². The Bertz CT molecular complexity index is 1070. The Morgan fingerprint density at radius 1 is 0.793 bits per heavy atom. The first-order chi connectivity index (χ1) is 13.8. The van der Waals surface area contributed by atoms with Crippen LogP contribution in [0.3, 0.4) is 0 Å². The molecule has 1 heterocycles. The van der Waals surface area contributed by atoms with Crippen LogP contribution in [0.5, 0.6) is 0 Å². The maximum Gasteiger partial charge on any atom is 0.416 e. The summed E-state index contributed by atoms with van der Waals surface area (Å²) >= 11 is 0. The zero-order valence-electron chi connectivity index (χ0n) is 14.9. The van der Waals surface area contributed by atoms with Gasteiger partial charge in [-0.3, -0.25) is 4.79 Å². The number of benzene rings is 3. The highest BCUT2D eigenvalue weighted by molar-refractivity contribution is 6.16. The van der Waals surface area contributed by atoms with Crippen molar-refractivity contribution in [2.24, 2.45) is 4.99 Å². The number of carbonyl (C=O) groups excluding carboxylic acids is 1. The van der Waals surface area contributed by atoms with E-state index in [4.69, 9.17) is 0 Å². The molecule has 146 valence electrons. The molecule has 0 saturated carbocycles. The summed E-state index contributed by atoms with van der Waals surface area (Å²) in [6, 6.07) is 18.3. The molecule has 1 amide bonds. The molecule has 1 atom stereocenters. The molecule has 0 spiro atoms. The summed E-state index contributed by atoms with van der Waals surface area (Å²) in [5, 5.41) is 2.71. The Hall–Kier alpha value is -3.48. The fourth-order valence-electron chi connectivity index (χ4n) is 3.33. The molecule has 29 heavy (non-hydrogen) atoms. The fourth-order valence-corrected chi connectivity index (χ4v) is 3.33. The van der Waals surface area contributed by atoms with Gasteiger partial charge in [0.25, 0.3) is 5.91 Å². The molecule has 0 fully saturated rings. The molecular weight excluding hydrogens is 384 g/mol. The average molecular weight is 398 g/mol. The van der Waals surface area contributed by atoms with E-state index < -0.39 is 29.0 Å². The third-order valence-electron chi connectivity index (χ3n) is 4.78. The van der Waals surface area contributed by atoms with Crippen LogP contribution in [0.25, 0.3) is 0 Å². The molecule has 1 N–H and O–H groups in total. The smallest absolute Gasteiger partial charge is 0.308 e. The van der Waals surface area contributed by atoms with E-state index in [1.165, 1.54) is 36.4 Å². The van der Waals surface area contributed by atoms with Crippen LogP contribution in [0.4, 0.5) is 17.6 Å². The van der Waals surface area contributed by atoms with Gasteiger partial charge in [-0.1, -0.05) is 54.6 Å². The Kier molecular flexibility index (Phi) is 4.45. The van der Waals surface area contributed by atoms with Gasteiger partial charge in [0.05, 0.1) is 5.56 Å². The topological polar surface area (TPSA) is 41.5 Å². The van der Waals surface area contributed by atoms with Gasteiger partial charge < -0.3 is 5.32 Å². The molecule has 3 nitrogen and oxygen atoms in total. The summed E-state index contributed by atoms with van der Waals surface area (Å²) in [5.74, 6) is -0.732. The van der Waals surface area contributed by atoms with Gasteiger partial charge in [0.1, 0.15) is 11.7 Å². The number of amidine groups is 1. The van der Waals surface area contributed by atoms with Gasteiger partial charge in [-0.25, -0.2) is 9.38 Å². The number of rotatable bonds is 3. The lowest BCUT2D eigenvalue weighted by atomic mass is 9.82. The average Bonchev–Trinajstić information content (AvgIpc) is 3.07. The summed E-state index contributed by atoms with van der Waals surface area (Å²) in [5.41, 5.74) is -1.20. The number of amides is 1. The van der Waals surface area contributed by atoms with Crippen LogP contribution in [0.2, 0.25) is 0 Å². The van der Waals surface area contributed by atoms with Gasteiger partial charge in [-0.2, -0.15) is 13.2 Å². The molecule has 0 aliphatic carbocycles. The summed E-state index contributed by atoms with van der Waals surface area (Å²) < 4.78 is 52.4. The van der Waals surface area contributed by atoms with E-state index in [9.17, 15) is 22.4 Å². The van der Waals surface area contributed by atoms with Crippen LogP contribution >= 0.6 is 0 Å². The van der Waals surface area contributed by atoms with Crippen molar-refractivity contribution in [3.8, 4) is 0 Å². The van der Waals surface area contributed by atoms with Crippen molar-refractivity contribution >= 4 is 11.7 Å². The Balaban J connectivity index is 1.90. The van der Waals surface area contributed by atoms with E-state index in [0.717, 1.165) is 12.1 Å². The molecule has 3 aromatic carbocycles. The molecule has 7 heteroatoms. The van der Waals surface area contributed by atoms with E-state index in [1.807, 2.05) is 6.07 Å². The highest BCUT2D eigenvalue weighted by atomic mass is 19.4. The number of halogens is 4. The van der Waals surface area contributed by atoms with Crippen molar-refractivity contribution in [3.63, 3.8) is 0 Å². The summed E-state index contributed by atoms with van der Waals surface area (Å²) in [6.45, 7) is 0. The van der Waals surface area contributed by atoms with E-state index in [1.54, 1.807) is 24.3 Å². The number of nitrogens with zero attached hydrogens (tertiary/aromatic N) is 1. The maximum atomic E-state index is 13.5. The predicted molar refractivity (Wildman–Crippen MR) is 99.7 cm³/mol. The Labute approximate surface area is 163 Å². The van der Waals surface area contributed by atoms with Crippen molar-refractivity contribution in [1.29, 1.82) is 0 Å². The highest BCUT2D eigenvalue weighted by Crippen LogP contribution is 2.39. The Morgan fingerprint density at radius 2 is 1.34 bits per heavy atom. The van der Waals surface area contributed by atoms with Crippen molar-refractivity contribution in [3.05, 3.63) is 107 Å². The van der Waals surface area contributed by atoms with Gasteiger partial charge in [0.15, 0.2) is 5.54 Å².